The topological polar surface area (TPSA) is 67.2 Å². The predicted octanol–water partition coefficient (Wildman–Crippen LogP) is 0.674. The third-order valence-electron chi connectivity index (χ3n) is 2.45. The van der Waals surface area contributed by atoms with Gasteiger partial charge in [0.1, 0.15) is 0 Å². The van der Waals surface area contributed by atoms with Crippen molar-refractivity contribution in [1.82, 2.24) is 10.6 Å². The van der Waals surface area contributed by atoms with Crippen LogP contribution in [0.5, 0.6) is 0 Å². The van der Waals surface area contributed by atoms with Gasteiger partial charge in [-0.25, -0.2) is 0 Å². The van der Waals surface area contributed by atoms with Crippen LogP contribution >= 0.6 is 0 Å². The molecule has 1 rings (SSSR count). The summed E-state index contributed by atoms with van der Waals surface area (Å²) in [7, 11) is 0. The minimum atomic E-state index is -1.53. The number of aryl methyl sites for hydroxylation is 1. The third-order valence-corrected chi connectivity index (χ3v) is 2.45. The molecule has 4 nitrogen and oxygen atoms in total. The van der Waals surface area contributed by atoms with E-state index in [1.165, 1.54) is 5.56 Å². The van der Waals surface area contributed by atoms with Crippen LogP contribution in [0.2, 0.25) is 0 Å². The molecule has 0 atom stereocenters. The van der Waals surface area contributed by atoms with Gasteiger partial charge in [0.25, 0.3) is 0 Å². The molecule has 0 radical (unpaired) electrons. The first kappa shape index (κ1) is 11.7. The van der Waals surface area contributed by atoms with Gasteiger partial charge in [0.15, 0.2) is 0 Å². The number of nitrogens with two attached hydrogens (primary N) is 1. The van der Waals surface area contributed by atoms with Crippen LogP contribution in [0.1, 0.15) is 21.1 Å². The number of carbonyl (C=O) groups is 1. The van der Waals surface area contributed by atoms with Crippen LogP contribution in [-0.2, 0) is 11.2 Å². The smallest absolute Gasteiger partial charge is 0.234 e. The van der Waals surface area contributed by atoms with E-state index in [2.05, 4.69) is 10.6 Å². The number of benzene rings is 1. The van der Waals surface area contributed by atoms with E-state index in [-0.39, 0.29) is 12.5 Å². The molecule has 4 heteroatoms. The number of rotatable bonds is 9. The number of hydrogen-bond acceptors (Lipinski definition) is 3. The van der Waals surface area contributed by atoms with Crippen molar-refractivity contribution in [2.75, 3.05) is 26.1 Å². The molecular weight excluding hydrogens is 226 g/mol. The Labute approximate surface area is 112 Å². The molecule has 1 aromatic rings. The highest BCUT2D eigenvalue weighted by Crippen LogP contribution is 2.03. The van der Waals surface area contributed by atoms with Crippen LogP contribution in [0.15, 0.2) is 30.3 Å². The number of carbonyl (C=O) groups excluding carboxylic acids is 1. The lowest BCUT2D eigenvalue weighted by Crippen LogP contribution is -2.36. The first-order valence-corrected chi connectivity index (χ1v) is 6.29. The fraction of sp³-hybridized carbons (Fsp3) is 0.500. The molecule has 0 aliphatic rings. The normalized spacial score (nSPS) is 12.7. The van der Waals surface area contributed by atoms with Crippen molar-refractivity contribution in [3.8, 4) is 0 Å². The summed E-state index contributed by atoms with van der Waals surface area (Å²) >= 11 is 0. The van der Waals surface area contributed by atoms with E-state index in [1.807, 2.05) is 30.3 Å². The van der Waals surface area contributed by atoms with E-state index in [0.29, 0.717) is 19.5 Å². The molecule has 0 aliphatic heterocycles. The zero-order valence-corrected chi connectivity index (χ0v) is 10.6. The molecule has 0 bridgehead atoms. The van der Waals surface area contributed by atoms with E-state index in [0.717, 1.165) is 12.8 Å². The van der Waals surface area contributed by atoms with Gasteiger partial charge in [-0.1, -0.05) is 30.3 Å². The van der Waals surface area contributed by atoms with E-state index in [9.17, 15) is 4.79 Å². The average molecular weight is 251 g/mol. The number of amides is 1. The average Bonchev–Trinajstić information content (AvgIpc) is 2.44. The van der Waals surface area contributed by atoms with E-state index < -0.39 is 6.50 Å². The maximum atomic E-state index is 11.3. The van der Waals surface area contributed by atoms with Crippen molar-refractivity contribution in [3.63, 3.8) is 0 Å². The zero-order chi connectivity index (χ0) is 14.8. The van der Waals surface area contributed by atoms with Crippen LogP contribution in [0.3, 0.4) is 0 Å². The Balaban J connectivity index is 2.22. The predicted molar refractivity (Wildman–Crippen MR) is 74.3 cm³/mol. The molecule has 0 saturated heterocycles. The minimum Gasteiger partial charge on any atom is -0.354 e. The van der Waals surface area contributed by atoms with Crippen molar-refractivity contribution >= 4 is 5.91 Å². The van der Waals surface area contributed by atoms with Crippen LogP contribution < -0.4 is 16.4 Å². The summed E-state index contributed by atoms with van der Waals surface area (Å²) in [5.41, 5.74) is 6.47. The molecule has 0 aliphatic carbocycles. The summed E-state index contributed by atoms with van der Waals surface area (Å²) in [6.45, 7) is -0.763. The Morgan fingerprint density at radius 2 is 2.06 bits per heavy atom. The Bertz CT molecular complexity index is 399. The second kappa shape index (κ2) is 9.62. The highest BCUT2D eigenvalue weighted by atomic mass is 16.1. The Morgan fingerprint density at radius 1 is 1.28 bits per heavy atom. The molecule has 1 amide bonds. The molecule has 0 unspecified atom stereocenters. The Kier molecular flexibility index (Phi) is 6.25. The van der Waals surface area contributed by atoms with Gasteiger partial charge in [0.2, 0.25) is 5.91 Å². The number of hydrogen-bond donors (Lipinski definition) is 3. The highest BCUT2D eigenvalue weighted by Gasteiger charge is 1.98. The van der Waals surface area contributed by atoms with Crippen molar-refractivity contribution in [1.29, 1.82) is 0 Å². The van der Waals surface area contributed by atoms with Crippen LogP contribution in [0, 0.1) is 0 Å². The summed E-state index contributed by atoms with van der Waals surface area (Å²) in [6.07, 6.45) is 1.93. The van der Waals surface area contributed by atoms with Crippen molar-refractivity contribution in [2.45, 2.75) is 19.3 Å². The third kappa shape index (κ3) is 7.04. The molecule has 0 heterocycles. The quantitative estimate of drug-likeness (QED) is 0.604. The van der Waals surface area contributed by atoms with Gasteiger partial charge >= 0.3 is 0 Å². The molecule has 1 aromatic carbocycles. The Hall–Kier alpha value is -1.39. The summed E-state index contributed by atoms with van der Waals surface area (Å²) in [4.78, 5) is 11.3. The summed E-state index contributed by atoms with van der Waals surface area (Å²) in [5.74, 6) is -0.234. The molecule has 0 saturated carbocycles. The van der Waals surface area contributed by atoms with Crippen molar-refractivity contribution < 1.29 is 7.54 Å². The molecule has 0 fully saturated rings. The van der Waals surface area contributed by atoms with Gasteiger partial charge in [-0.3, -0.25) is 4.79 Å². The molecule has 4 N–H and O–H groups in total. The minimum absolute atomic E-state index is 0.0294. The Morgan fingerprint density at radius 3 is 2.78 bits per heavy atom. The lowest BCUT2D eigenvalue weighted by molar-refractivity contribution is -0.120. The van der Waals surface area contributed by atoms with Gasteiger partial charge in [-0.2, -0.15) is 0 Å². The number of nitrogens with one attached hydrogen (secondary N) is 2. The monoisotopic (exact) mass is 251 g/mol. The van der Waals surface area contributed by atoms with Gasteiger partial charge < -0.3 is 16.4 Å². The SMILES string of the molecule is [2H]C([2H])(CCCc1ccccc1)NCC(=O)NCCN. The summed E-state index contributed by atoms with van der Waals surface area (Å²) < 4.78 is 15.6. The van der Waals surface area contributed by atoms with Gasteiger partial charge in [-0.15, -0.1) is 0 Å². The second-order valence-electron chi connectivity index (χ2n) is 4.01. The fourth-order valence-electron chi connectivity index (χ4n) is 1.53. The van der Waals surface area contributed by atoms with Gasteiger partial charge in [0, 0.05) is 15.8 Å². The first-order chi connectivity index (χ1) is 9.53. The van der Waals surface area contributed by atoms with E-state index in [4.69, 9.17) is 8.48 Å². The van der Waals surface area contributed by atoms with Crippen LogP contribution in [0.25, 0.3) is 0 Å². The summed E-state index contributed by atoms with van der Waals surface area (Å²) in [6, 6.07) is 9.98. The first-order valence-electron chi connectivity index (χ1n) is 7.29. The van der Waals surface area contributed by atoms with Crippen LogP contribution in [-0.4, -0.2) is 32.0 Å². The molecule has 18 heavy (non-hydrogen) atoms. The highest BCUT2D eigenvalue weighted by molar-refractivity contribution is 5.77. The van der Waals surface area contributed by atoms with Gasteiger partial charge in [0.05, 0.1) is 6.54 Å². The van der Waals surface area contributed by atoms with Crippen LogP contribution in [0.4, 0.5) is 0 Å². The van der Waals surface area contributed by atoms with E-state index >= 15 is 0 Å². The lowest BCUT2D eigenvalue weighted by atomic mass is 10.1. The maximum absolute atomic E-state index is 11.3. The largest absolute Gasteiger partial charge is 0.354 e. The zero-order valence-electron chi connectivity index (χ0n) is 12.6. The fourth-order valence-corrected chi connectivity index (χ4v) is 1.53. The molecule has 0 aromatic heterocycles. The van der Waals surface area contributed by atoms with Gasteiger partial charge in [-0.05, 0) is 31.3 Å². The summed E-state index contributed by atoms with van der Waals surface area (Å²) in [5, 5.41) is 5.23. The second-order valence-corrected chi connectivity index (χ2v) is 4.01. The maximum Gasteiger partial charge on any atom is 0.234 e. The van der Waals surface area contributed by atoms with Crippen molar-refractivity contribution in [3.05, 3.63) is 35.9 Å². The molecule has 100 valence electrons. The van der Waals surface area contributed by atoms with E-state index in [1.54, 1.807) is 0 Å². The molecular formula is C14H23N3O. The standard InChI is InChI=1S/C14H23N3O/c15-9-11-17-14(18)12-16-10-5-4-8-13-6-2-1-3-7-13/h1-3,6-7,16H,4-5,8-12,15H2,(H,17,18)/i10D2. The lowest BCUT2D eigenvalue weighted by Gasteiger charge is -2.05. The van der Waals surface area contributed by atoms with Crippen molar-refractivity contribution in [2.24, 2.45) is 5.73 Å². The molecule has 0 spiro atoms.